The third kappa shape index (κ3) is 3.56. The number of hydrogen-bond donors (Lipinski definition) is 1. The zero-order valence-electron chi connectivity index (χ0n) is 12.6. The highest BCUT2D eigenvalue weighted by atomic mass is 32.2. The summed E-state index contributed by atoms with van der Waals surface area (Å²) in [5.41, 5.74) is 2.50. The molecule has 0 unspecified atom stereocenters. The Balaban J connectivity index is 1.82. The molecule has 2 aromatic rings. The molecule has 0 atom stereocenters. The molecule has 3 nitrogen and oxygen atoms in total. The number of anilines is 1. The van der Waals surface area contributed by atoms with Gasteiger partial charge in [0.25, 0.3) is 0 Å². The fourth-order valence-electron chi connectivity index (χ4n) is 2.24. The number of thioether (sulfide) groups is 1. The minimum Gasteiger partial charge on any atom is -0.370 e. The van der Waals surface area contributed by atoms with Gasteiger partial charge in [0.1, 0.15) is 16.7 Å². The first-order valence-corrected chi connectivity index (χ1v) is 8.55. The summed E-state index contributed by atoms with van der Waals surface area (Å²) in [6.07, 6.45) is 2.47. The minimum atomic E-state index is 0.582. The Hall–Kier alpha value is -1.55. The summed E-state index contributed by atoms with van der Waals surface area (Å²) in [6.45, 7) is 5.11. The normalized spacial score (nSPS) is 14.2. The van der Waals surface area contributed by atoms with Gasteiger partial charge in [-0.25, -0.2) is 9.97 Å². The highest BCUT2D eigenvalue weighted by molar-refractivity contribution is 7.98. The van der Waals surface area contributed by atoms with Crippen LogP contribution in [-0.2, 0) is 5.75 Å². The molecule has 1 aromatic heterocycles. The lowest BCUT2D eigenvalue weighted by atomic mass is 10.2. The average molecular weight is 299 g/mol. The van der Waals surface area contributed by atoms with Crippen molar-refractivity contribution in [3.63, 3.8) is 0 Å². The van der Waals surface area contributed by atoms with Crippen LogP contribution in [0, 0.1) is 6.92 Å². The molecule has 1 N–H and O–H groups in total. The maximum atomic E-state index is 4.80. The molecule has 1 aromatic carbocycles. The van der Waals surface area contributed by atoms with Gasteiger partial charge in [-0.05, 0) is 32.3 Å². The lowest BCUT2D eigenvalue weighted by Gasteiger charge is -2.12. The van der Waals surface area contributed by atoms with E-state index >= 15 is 0 Å². The Labute approximate surface area is 130 Å². The molecule has 21 heavy (non-hydrogen) atoms. The zero-order chi connectivity index (χ0) is 14.7. The maximum Gasteiger partial charge on any atom is 0.135 e. The van der Waals surface area contributed by atoms with E-state index in [2.05, 4.69) is 49.5 Å². The highest BCUT2D eigenvalue weighted by Crippen LogP contribution is 2.40. The van der Waals surface area contributed by atoms with Crippen LogP contribution in [0.15, 0.2) is 35.4 Å². The van der Waals surface area contributed by atoms with Crippen LogP contribution in [-0.4, -0.2) is 16.5 Å². The summed E-state index contributed by atoms with van der Waals surface area (Å²) in [5, 5.41) is 4.49. The Morgan fingerprint density at radius 2 is 1.95 bits per heavy atom. The van der Waals surface area contributed by atoms with Gasteiger partial charge >= 0.3 is 0 Å². The quantitative estimate of drug-likeness (QED) is 0.634. The first-order chi connectivity index (χ1) is 10.3. The van der Waals surface area contributed by atoms with E-state index in [0.29, 0.717) is 5.92 Å². The summed E-state index contributed by atoms with van der Waals surface area (Å²) >= 11 is 1.81. The van der Waals surface area contributed by atoms with Gasteiger partial charge in [0.05, 0.1) is 0 Å². The largest absolute Gasteiger partial charge is 0.370 e. The smallest absolute Gasteiger partial charge is 0.135 e. The van der Waals surface area contributed by atoms with Crippen molar-refractivity contribution in [1.82, 2.24) is 9.97 Å². The summed E-state index contributed by atoms with van der Waals surface area (Å²) in [5.74, 6) is 3.56. The molecular weight excluding hydrogens is 278 g/mol. The Morgan fingerprint density at radius 1 is 1.19 bits per heavy atom. The lowest BCUT2D eigenvalue weighted by molar-refractivity contribution is 0.860. The van der Waals surface area contributed by atoms with Crippen molar-refractivity contribution in [3.8, 4) is 0 Å². The second-order valence-corrected chi connectivity index (χ2v) is 6.40. The second kappa shape index (κ2) is 6.48. The molecular formula is C17H21N3S. The van der Waals surface area contributed by atoms with Crippen molar-refractivity contribution in [2.24, 2.45) is 0 Å². The minimum absolute atomic E-state index is 0.582. The van der Waals surface area contributed by atoms with E-state index < -0.39 is 0 Å². The molecule has 110 valence electrons. The fraction of sp³-hybridized carbons (Fsp3) is 0.412. The van der Waals surface area contributed by atoms with Crippen molar-refractivity contribution in [2.45, 2.75) is 43.4 Å². The number of nitrogens with zero attached hydrogens (tertiary/aromatic N) is 2. The first-order valence-electron chi connectivity index (χ1n) is 7.57. The molecule has 0 saturated heterocycles. The second-order valence-electron chi connectivity index (χ2n) is 5.44. The van der Waals surface area contributed by atoms with Gasteiger partial charge < -0.3 is 5.32 Å². The number of aromatic nitrogens is 2. The van der Waals surface area contributed by atoms with Crippen LogP contribution in [0.2, 0.25) is 0 Å². The standard InChI is InChI=1S/C17H21N3S/c1-3-18-15-12(2)17(20-16(19-15)14-9-10-14)21-11-13-7-5-4-6-8-13/h4-8,14H,3,9-11H2,1-2H3,(H,18,19,20). The number of nitrogens with one attached hydrogen (secondary N) is 1. The van der Waals surface area contributed by atoms with Gasteiger partial charge in [0.2, 0.25) is 0 Å². The van der Waals surface area contributed by atoms with Gasteiger partial charge in [-0.1, -0.05) is 30.3 Å². The van der Waals surface area contributed by atoms with Crippen LogP contribution in [0.3, 0.4) is 0 Å². The molecule has 0 aliphatic heterocycles. The van der Waals surface area contributed by atoms with Crippen LogP contribution in [0.25, 0.3) is 0 Å². The first kappa shape index (κ1) is 14.4. The van der Waals surface area contributed by atoms with Gasteiger partial charge in [0.15, 0.2) is 0 Å². The van der Waals surface area contributed by atoms with Crippen LogP contribution < -0.4 is 5.32 Å². The third-order valence-corrected chi connectivity index (χ3v) is 4.77. The predicted molar refractivity (Wildman–Crippen MR) is 88.9 cm³/mol. The molecule has 3 rings (SSSR count). The average Bonchev–Trinajstić information content (AvgIpc) is 3.34. The third-order valence-electron chi connectivity index (χ3n) is 3.62. The summed E-state index contributed by atoms with van der Waals surface area (Å²) in [7, 11) is 0. The molecule has 0 radical (unpaired) electrons. The van der Waals surface area contributed by atoms with E-state index in [4.69, 9.17) is 9.97 Å². The van der Waals surface area contributed by atoms with Crippen LogP contribution in [0.4, 0.5) is 5.82 Å². The Bertz CT molecular complexity index is 609. The van der Waals surface area contributed by atoms with Crippen molar-refractivity contribution in [3.05, 3.63) is 47.3 Å². The van der Waals surface area contributed by atoms with E-state index in [1.54, 1.807) is 0 Å². The van der Waals surface area contributed by atoms with Crippen LogP contribution >= 0.6 is 11.8 Å². The van der Waals surface area contributed by atoms with E-state index in [1.807, 2.05) is 11.8 Å². The Kier molecular flexibility index (Phi) is 4.44. The molecule has 1 saturated carbocycles. The SMILES string of the molecule is CCNc1nc(C2CC2)nc(SCc2ccccc2)c1C. The predicted octanol–water partition coefficient (Wildman–Crippen LogP) is 4.39. The molecule has 0 amide bonds. The van der Waals surface area contributed by atoms with Crippen molar-refractivity contribution >= 4 is 17.6 Å². The molecule has 4 heteroatoms. The van der Waals surface area contributed by atoms with Gasteiger partial charge in [0, 0.05) is 23.8 Å². The molecule has 1 aliphatic rings. The van der Waals surface area contributed by atoms with E-state index in [9.17, 15) is 0 Å². The van der Waals surface area contributed by atoms with Crippen LogP contribution in [0.5, 0.6) is 0 Å². The summed E-state index contributed by atoms with van der Waals surface area (Å²) in [4.78, 5) is 9.51. The van der Waals surface area contributed by atoms with Crippen molar-refractivity contribution in [1.29, 1.82) is 0 Å². The topological polar surface area (TPSA) is 37.8 Å². The van der Waals surface area contributed by atoms with E-state index in [-0.39, 0.29) is 0 Å². The van der Waals surface area contributed by atoms with E-state index in [1.165, 1.54) is 24.0 Å². The molecule has 1 fully saturated rings. The Morgan fingerprint density at radius 3 is 2.62 bits per heavy atom. The molecule has 1 aliphatic carbocycles. The molecule has 0 spiro atoms. The van der Waals surface area contributed by atoms with Gasteiger partial charge in [-0.15, -0.1) is 11.8 Å². The van der Waals surface area contributed by atoms with Crippen LogP contribution in [0.1, 0.15) is 42.6 Å². The number of benzene rings is 1. The summed E-state index contributed by atoms with van der Waals surface area (Å²) < 4.78 is 0. The number of hydrogen-bond acceptors (Lipinski definition) is 4. The summed E-state index contributed by atoms with van der Waals surface area (Å²) in [6, 6.07) is 10.6. The zero-order valence-corrected chi connectivity index (χ0v) is 13.4. The maximum absolute atomic E-state index is 4.80. The fourth-order valence-corrected chi connectivity index (χ4v) is 3.21. The number of rotatable bonds is 6. The van der Waals surface area contributed by atoms with Gasteiger partial charge in [-0.2, -0.15) is 0 Å². The highest BCUT2D eigenvalue weighted by Gasteiger charge is 2.28. The monoisotopic (exact) mass is 299 g/mol. The van der Waals surface area contributed by atoms with Crippen molar-refractivity contribution in [2.75, 3.05) is 11.9 Å². The molecule has 0 bridgehead atoms. The van der Waals surface area contributed by atoms with Gasteiger partial charge in [-0.3, -0.25) is 0 Å². The van der Waals surface area contributed by atoms with E-state index in [0.717, 1.165) is 29.0 Å². The molecule has 1 heterocycles. The van der Waals surface area contributed by atoms with Crippen molar-refractivity contribution < 1.29 is 0 Å². The lowest BCUT2D eigenvalue weighted by Crippen LogP contribution is -2.07.